The topological polar surface area (TPSA) is 94.0 Å². The van der Waals surface area contributed by atoms with Crippen LogP contribution < -0.4 is 11.1 Å². The minimum atomic E-state index is -0.400. The van der Waals surface area contributed by atoms with E-state index in [0.717, 1.165) is 31.4 Å². The second-order valence-electron chi connectivity index (χ2n) is 6.61. The quantitative estimate of drug-likeness (QED) is 0.902. The number of hydrogen-bond donors (Lipinski definition) is 2. The van der Waals surface area contributed by atoms with E-state index >= 15 is 0 Å². The standard InChI is InChI=1S/C17H20N4O2/c18-17(8-3-9-17)16-20-14(23-21-16)7-6-12-10-11-4-1-2-5-13(11)19-15(12)22/h1-2,4-5,12H,3,6-10,18H2,(H,19,22). The molecule has 1 unspecified atom stereocenters. The first-order valence-corrected chi connectivity index (χ1v) is 8.15. The maximum atomic E-state index is 12.2. The normalized spacial score (nSPS) is 22.1. The fourth-order valence-electron chi connectivity index (χ4n) is 3.28. The van der Waals surface area contributed by atoms with Crippen LogP contribution in [0.15, 0.2) is 28.8 Å². The van der Waals surface area contributed by atoms with Crippen molar-refractivity contribution in [1.82, 2.24) is 10.1 Å². The molecule has 6 nitrogen and oxygen atoms in total. The van der Waals surface area contributed by atoms with Crippen molar-refractivity contribution in [3.05, 3.63) is 41.5 Å². The summed E-state index contributed by atoms with van der Waals surface area (Å²) in [5.41, 5.74) is 7.90. The van der Waals surface area contributed by atoms with E-state index in [9.17, 15) is 4.79 Å². The number of carbonyl (C=O) groups excluding carboxylic acids is 1. The van der Waals surface area contributed by atoms with Gasteiger partial charge in [0.2, 0.25) is 11.8 Å². The number of para-hydroxylation sites is 1. The number of amides is 1. The first kappa shape index (κ1) is 14.4. The van der Waals surface area contributed by atoms with Crippen molar-refractivity contribution in [2.75, 3.05) is 5.32 Å². The Bertz CT molecular complexity index is 736. The molecule has 6 heteroatoms. The zero-order chi connectivity index (χ0) is 15.9. The summed E-state index contributed by atoms with van der Waals surface area (Å²) in [7, 11) is 0. The molecule has 1 aromatic carbocycles. The van der Waals surface area contributed by atoms with Crippen molar-refractivity contribution >= 4 is 11.6 Å². The Kier molecular flexibility index (Phi) is 3.41. The third-order valence-electron chi connectivity index (χ3n) is 4.98. The van der Waals surface area contributed by atoms with Gasteiger partial charge >= 0.3 is 0 Å². The fraction of sp³-hybridized carbons (Fsp3) is 0.471. The molecule has 1 fully saturated rings. The van der Waals surface area contributed by atoms with Gasteiger partial charge in [-0.25, -0.2) is 0 Å². The summed E-state index contributed by atoms with van der Waals surface area (Å²) in [5.74, 6) is 1.19. The summed E-state index contributed by atoms with van der Waals surface area (Å²) in [6.45, 7) is 0. The molecule has 1 saturated carbocycles. The minimum absolute atomic E-state index is 0.0595. The number of nitrogens with zero attached hydrogens (tertiary/aromatic N) is 2. The molecule has 0 spiro atoms. The second-order valence-corrected chi connectivity index (χ2v) is 6.61. The number of aromatic nitrogens is 2. The van der Waals surface area contributed by atoms with E-state index in [1.54, 1.807) is 0 Å². The van der Waals surface area contributed by atoms with Gasteiger partial charge < -0.3 is 15.6 Å². The molecule has 1 amide bonds. The fourth-order valence-corrected chi connectivity index (χ4v) is 3.28. The van der Waals surface area contributed by atoms with Crippen molar-refractivity contribution in [2.24, 2.45) is 11.7 Å². The molecular weight excluding hydrogens is 292 g/mol. The maximum Gasteiger partial charge on any atom is 0.227 e. The lowest BCUT2D eigenvalue weighted by molar-refractivity contribution is -0.120. The average Bonchev–Trinajstić information content (AvgIpc) is 3.00. The summed E-state index contributed by atoms with van der Waals surface area (Å²) in [6, 6.07) is 7.92. The SMILES string of the molecule is NC1(c2noc(CCC3Cc4ccccc4NC3=O)n2)CCC1. The third kappa shape index (κ3) is 2.63. The van der Waals surface area contributed by atoms with E-state index in [4.69, 9.17) is 10.3 Å². The van der Waals surface area contributed by atoms with Gasteiger partial charge in [-0.05, 0) is 43.7 Å². The molecule has 0 bridgehead atoms. The van der Waals surface area contributed by atoms with E-state index in [2.05, 4.69) is 21.5 Å². The van der Waals surface area contributed by atoms with Crippen LogP contribution in [0.2, 0.25) is 0 Å². The van der Waals surface area contributed by atoms with Gasteiger partial charge in [0.15, 0.2) is 5.82 Å². The number of fused-ring (bicyclic) bond motifs is 1. The predicted molar refractivity (Wildman–Crippen MR) is 84.6 cm³/mol. The first-order valence-electron chi connectivity index (χ1n) is 8.15. The van der Waals surface area contributed by atoms with Crippen LogP contribution in [0, 0.1) is 5.92 Å². The molecule has 0 radical (unpaired) electrons. The van der Waals surface area contributed by atoms with E-state index in [1.165, 1.54) is 5.56 Å². The van der Waals surface area contributed by atoms with Crippen molar-refractivity contribution in [1.29, 1.82) is 0 Å². The van der Waals surface area contributed by atoms with Crippen LogP contribution in [-0.4, -0.2) is 16.0 Å². The number of benzene rings is 1. The largest absolute Gasteiger partial charge is 0.339 e. The lowest BCUT2D eigenvalue weighted by Gasteiger charge is -2.34. The Morgan fingerprint density at radius 2 is 2.17 bits per heavy atom. The molecule has 23 heavy (non-hydrogen) atoms. The summed E-state index contributed by atoms with van der Waals surface area (Å²) in [4.78, 5) is 16.6. The van der Waals surface area contributed by atoms with Crippen LogP contribution in [0.3, 0.4) is 0 Å². The van der Waals surface area contributed by atoms with Gasteiger partial charge in [0.05, 0.1) is 5.54 Å². The molecule has 1 atom stereocenters. The second kappa shape index (κ2) is 5.45. The smallest absolute Gasteiger partial charge is 0.227 e. The molecule has 1 aromatic heterocycles. The Balaban J connectivity index is 1.41. The van der Waals surface area contributed by atoms with Gasteiger partial charge in [-0.2, -0.15) is 4.98 Å². The first-order chi connectivity index (χ1) is 11.1. The number of aryl methyl sites for hydroxylation is 1. The Labute approximate surface area is 134 Å². The van der Waals surface area contributed by atoms with Gasteiger partial charge in [0, 0.05) is 18.0 Å². The third-order valence-corrected chi connectivity index (χ3v) is 4.98. The minimum Gasteiger partial charge on any atom is -0.339 e. The number of carbonyl (C=O) groups is 1. The molecule has 2 aromatic rings. The number of nitrogens with two attached hydrogens (primary N) is 1. The molecule has 3 N–H and O–H groups in total. The van der Waals surface area contributed by atoms with Crippen LogP contribution in [0.4, 0.5) is 5.69 Å². The van der Waals surface area contributed by atoms with Gasteiger partial charge in [0.1, 0.15) is 0 Å². The number of hydrogen-bond acceptors (Lipinski definition) is 5. The molecule has 4 rings (SSSR count). The lowest BCUT2D eigenvalue weighted by Crippen LogP contribution is -2.44. The highest BCUT2D eigenvalue weighted by atomic mass is 16.5. The molecule has 2 aliphatic rings. The van der Waals surface area contributed by atoms with E-state index in [0.29, 0.717) is 24.6 Å². The molecule has 1 aliphatic carbocycles. The molecule has 1 aliphatic heterocycles. The highest BCUT2D eigenvalue weighted by Crippen LogP contribution is 2.37. The van der Waals surface area contributed by atoms with Gasteiger partial charge in [0.25, 0.3) is 0 Å². The van der Waals surface area contributed by atoms with Crippen molar-refractivity contribution < 1.29 is 9.32 Å². The summed E-state index contributed by atoms with van der Waals surface area (Å²) >= 11 is 0. The van der Waals surface area contributed by atoms with Gasteiger partial charge in [-0.1, -0.05) is 23.4 Å². The number of rotatable bonds is 4. The van der Waals surface area contributed by atoms with Gasteiger partial charge in [-0.15, -0.1) is 0 Å². The summed E-state index contributed by atoms with van der Waals surface area (Å²) in [5, 5.41) is 6.99. The highest BCUT2D eigenvalue weighted by Gasteiger charge is 2.39. The highest BCUT2D eigenvalue weighted by molar-refractivity contribution is 5.95. The maximum absolute atomic E-state index is 12.2. The van der Waals surface area contributed by atoms with Crippen LogP contribution >= 0.6 is 0 Å². The van der Waals surface area contributed by atoms with E-state index in [-0.39, 0.29) is 11.8 Å². The molecule has 0 saturated heterocycles. The number of nitrogens with one attached hydrogen (secondary N) is 1. The monoisotopic (exact) mass is 312 g/mol. The average molecular weight is 312 g/mol. The van der Waals surface area contributed by atoms with Crippen molar-refractivity contribution in [2.45, 2.75) is 44.1 Å². The summed E-state index contributed by atoms with van der Waals surface area (Å²) < 4.78 is 5.31. The van der Waals surface area contributed by atoms with E-state index in [1.807, 2.05) is 18.2 Å². The summed E-state index contributed by atoms with van der Waals surface area (Å²) in [6.07, 6.45) is 4.98. The van der Waals surface area contributed by atoms with Gasteiger partial charge in [-0.3, -0.25) is 4.79 Å². The Hall–Kier alpha value is -2.21. The van der Waals surface area contributed by atoms with Crippen LogP contribution in [0.25, 0.3) is 0 Å². The van der Waals surface area contributed by atoms with E-state index < -0.39 is 5.54 Å². The lowest BCUT2D eigenvalue weighted by atomic mass is 9.77. The Morgan fingerprint density at radius 3 is 2.96 bits per heavy atom. The molecule has 2 heterocycles. The van der Waals surface area contributed by atoms with Crippen molar-refractivity contribution in [3.8, 4) is 0 Å². The van der Waals surface area contributed by atoms with Crippen molar-refractivity contribution in [3.63, 3.8) is 0 Å². The Morgan fingerprint density at radius 1 is 1.35 bits per heavy atom. The predicted octanol–water partition coefficient (Wildman–Crippen LogP) is 2.15. The van der Waals surface area contributed by atoms with Crippen LogP contribution in [-0.2, 0) is 23.2 Å². The molecule has 120 valence electrons. The zero-order valence-corrected chi connectivity index (χ0v) is 12.9. The van der Waals surface area contributed by atoms with Crippen LogP contribution in [0.5, 0.6) is 0 Å². The molecular formula is C17H20N4O2. The van der Waals surface area contributed by atoms with Crippen LogP contribution in [0.1, 0.15) is 43.0 Å². The number of anilines is 1. The zero-order valence-electron chi connectivity index (χ0n) is 12.9.